The van der Waals surface area contributed by atoms with Crippen molar-refractivity contribution in [1.82, 2.24) is 4.98 Å². The predicted octanol–water partition coefficient (Wildman–Crippen LogP) is -0.00310. The Bertz CT molecular complexity index is 514. The van der Waals surface area contributed by atoms with Crippen LogP contribution in [0.5, 0.6) is 0 Å². The summed E-state index contributed by atoms with van der Waals surface area (Å²) in [5.41, 5.74) is 6.49. The number of carbonyl (C=O) groups is 1. The van der Waals surface area contributed by atoms with Crippen LogP contribution in [-0.4, -0.2) is 24.6 Å². The lowest BCUT2D eigenvalue weighted by Gasteiger charge is -2.10. The average molecular weight is 234 g/mol. The summed E-state index contributed by atoms with van der Waals surface area (Å²) in [5.74, 6) is -0.755. The normalized spacial score (nSPS) is 14.8. The number of esters is 1. The molecule has 4 nitrogen and oxygen atoms in total. The molecule has 0 amide bonds. The molecule has 92 valence electrons. The van der Waals surface area contributed by atoms with E-state index in [2.05, 4.69) is 11.6 Å². The second-order valence-corrected chi connectivity index (χ2v) is 3.57. The molecule has 1 aromatic heterocycles. The maximum Gasteiger partial charge on any atom is 0.314 e. The lowest BCUT2D eigenvalue weighted by atomic mass is 10.0. The zero-order valence-corrected chi connectivity index (χ0v) is 10.2. The number of rotatable bonds is 4. The molecule has 4 heteroatoms. The van der Waals surface area contributed by atoms with E-state index in [9.17, 15) is 4.79 Å². The molecule has 0 radical (unpaired) electrons. The van der Waals surface area contributed by atoms with Crippen LogP contribution in [0.2, 0.25) is 0 Å². The maximum absolute atomic E-state index is 11.6. The fourth-order valence-electron chi connectivity index (χ4n) is 1.83. The lowest BCUT2D eigenvalue weighted by molar-refractivity contribution is -0.142. The van der Waals surface area contributed by atoms with Gasteiger partial charge in [-0.1, -0.05) is 18.7 Å². The van der Waals surface area contributed by atoms with Crippen molar-refractivity contribution < 1.29 is 9.53 Å². The Morgan fingerprint density at radius 2 is 2.41 bits per heavy atom. The van der Waals surface area contributed by atoms with Crippen molar-refractivity contribution in [2.75, 3.05) is 13.7 Å². The molecular weight excluding hydrogens is 216 g/mol. The highest BCUT2D eigenvalue weighted by atomic mass is 16.5. The molecule has 0 saturated carbocycles. The number of aromatic amines is 1. The van der Waals surface area contributed by atoms with Crippen molar-refractivity contribution in [3.63, 3.8) is 0 Å². The molecule has 1 atom stereocenters. The minimum atomic E-state index is -0.436. The highest BCUT2D eigenvalue weighted by Gasteiger charge is 2.21. The van der Waals surface area contributed by atoms with Crippen molar-refractivity contribution in [1.29, 1.82) is 0 Å². The van der Waals surface area contributed by atoms with Crippen LogP contribution in [0.15, 0.2) is 18.9 Å². The predicted molar refractivity (Wildman–Crippen MR) is 68.7 cm³/mol. The van der Waals surface area contributed by atoms with Crippen LogP contribution in [0.1, 0.15) is 18.4 Å². The Labute approximate surface area is 100 Å². The molecule has 1 unspecified atom stereocenters. The SMILES string of the molecule is C=C/C=c1/[nH]cc(C(CN)C(=O)OC)/c1=C/C. The van der Waals surface area contributed by atoms with Crippen LogP contribution in [0.4, 0.5) is 0 Å². The minimum Gasteiger partial charge on any atom is -0.469 e. The molecule has 1 aromatic rings. The van der Waals surface area contributed by atoms with Gasteiger partial charge in [0.2, 0.25) is 0 Å². The highest BCUT2D eigenvalue weighted by Crippen LogP contribution is 2.10. The Balaban J connectivity index is 3.37. The second-order valence-electron chi connectivity index (χ2n) is 3.57. The standard InChI is InChI=1S/C13H18N2O2/c1-4-6-12-9(5-2)11(8-15-12)10(7-14)13(16)17-3/h4-6,8,10,15H,1,7,14H2,2-3H3/b9-5-,12-6+. The summed E-state index contributed by atoms with van der Waals surface area (Å²) < 4.78 is 4.75. The number of nitrogens with one attached hydrogen (secondary N) is 1. The van der Waals surface area contributed by atoms with E-state index in [1.165, 1.54) is 7.11 Å². The lowest BCUT2D eigenvalue weighted by Crippen LogP contribution is -2.31. The number of methoxy groups -OCH3 is 1. The molecule has 0 fully saturated rings. The number of nitrogens with two attached hydrogens (primary N) is 1. The molecule has 3 N–H and O–H groups in total. The molecule has 17 heavy (non-hydrogen) atoms. The van der Waals surface area contributed by atoms with Crippen LogP contribution in [0.3, 0.4) is 0 Å². The van der Waals surface area contributed by atoms with E-state index in [-0.39, 0.29) is 12.5 Å². The first-order chi connectivity index (χ1) is 8.19. The third kappa shape index (κ3) is 2.65. The number of H-pyrrole nitrogens is 1. The molecule has 0 aliphatic carbocycles. The van der Waals surface area contributed by atoms with E-state index < -0.39 is 5.92 Å². The molecule has 0 aromatic carbocycles. The first-order valence-corrected chi connectivity index (χ1v) is 5.43. The van der Waals surface area contributed by atoms with Gasteiger partial charge >= 0.3 is 5.97 Å². The zero-order valence-electron chi connectivity index (χ0n) is 10.2. The molecule has 1 rings (SSSR count). The first-order valence-electron chi connectivity index (χ1n) is 5.43. The van der Waals surface area contributed by atoms with E-state index in [1.807, 2.05) is 19.1 Å². The van der Waals surface area contributed by atoms with Gasteiger partial charge in [0.15, 0.2) is 0 Å². The van der Waals surface area contributed by atoms with Gasteiger partial charge in [-0.25, -0.2) is 0 Å². The largest absolute Gasteiger partial charge is 0.469 e. The Hall–Kier alpha value is -1.81. The molecular formula is C13H18N2O2. The molecule has 0 bridgehead atoms. The first kappa shape index (κ1) is 13.3. The highest BCUT2D eigenvalue weighted by molar-refractivity contribution is 5.78. The summed E-state index contributed by atoms with van der Waals surface area (Å²) >= 11 is 0. The third-order valence-electron chi connectivity index (χ3n) is 2.65. The van der Waals surface area contributed by atoms with Gasteiger partial charge in [0.1, 0.15) is 0 Å². The quantitative estimate of drug-likeness (QED) is 0.720. The molecule has 0 aliphatic heterocycles. The van der Waals surface area contributed by atoms with E-state index in [1.54, 1.807) is 12.3 Å². The van der Waals surface area contributed by atoms with E-state index >= 15 is 0 Å². The summed E-state index contributed by atoms with van der Waals surface area (Å²) in [6, 6.07) is 0. The summed E-state index contributed by atoms with van der Waals surface area (Å²) in [7, 11) is 1.36. The number of hydrogen-bond donors (Lipinski definition) is 2. The average Bonchev–Trinajstić information content (AvgIpc) is 2.73. The van der Waals surface area contributed by atoms with Gasteiger partial charge in [0, 0.05) is 18.1 Å². The number of allylic oxidation sites excluding steroid dienone is 1. The van der Waals surface area contributed by atoms with Gasteiger partial charge in [-0.2, -0.15) is 0 Å². The van der Waals surface area contributed by atoms with Crippen LogP contribution in [0, 0.1) is 0 Å². The molecule has 1 heterocycles. The van der Waals surface area contributed by atoms with Crippen molar-refractivity contribution >= 4 is 18.1 Å². The van der Waals surface area contributed by atoms with Crippen molar-refractivity contribution in [3.8, 4) is 0 Å². The van der Waals surface area contributed by atoms with Gasteiger partial charge in [-0.05, 0) is 23.8 Å². The van der Waals surface area contributed by atoms with Crippen LogP contribution >= 0.6 is 0 Å². The maximum atomic E-state index is 11.6. The Morgan fingerprint density at radius 3 is 2.88 bits per heavy atom. The van der Waals surface area contributed by atoms with Crippen LogP contribution < -0.4 is 16.3 Å². The van der Waals surface area contributed by atoms with Gasteiger partial charge in [0.05, 0.1) is 13.0 Å². The van der Waals surface area contributed by atoms with E-state index in [4.69, 9.17) is 10.5 Å². The van der Waals surface area contributed by atoms with E-state index in [0.717, 1.165) is 16.1 Å². The van der Waals surface area contributed by atoms with E-state index in [0.29, 0.717) is 0 Å². The van der Waals surface area contributed by atoms with Crippen LogP contribution in [-0.2, 0) is 9.53 Å². The molecule has 0 spiro atoms. The number of hydrogen-bond acceptors (Lipinski definition) is 3. The molecule has 0 saturated heterocycles. The number of carbonyl (C=O) groups excluding carboxylic acids is 1. The van der Waals surface area contributed by atoms with Gasteiger partial charge in [0.25, 0.3) is 0 Å². The summed E-state index contributed by atoms with van der Waals surface area (Å²) in [5, 5.41) is 1.88. The zero-order chi connectivity index (χ0) is 12.8. The van der Waals surface area contributed by atoms with Crippen molar-refractivity contribution in [2.24, 2.45) is 5.73 Å². The summed E-state index contributed by atoms with van der Waals surface area (Å²) in [6.45, 7) is 5.79. The van der Waals surface area contributed by atoms with Gasteiger partial charge in [-0.3, -0.25) is 4.79 Å². The number of ether oxygens (including phenoxy) is 1. The Morgan fingerprint density at radius 1 is 1.71 bits per heavy atom. The topological polar surface area (TPSA) is 68.1 Å². The third-order valence-corrected chi connectivity index (χ3v) is 2.65. The van der Waals surface area contributed by atoms with Crippen molar-refractivity contribution in [2.45, 2.75) is 12.8 Å². The number of aromatic nitrogens is 1. The smallest absolute Gasteiger partial charge is 0.314 e. The fourth-order valence-corrected chi connectivity index (χ4v) is 1.83. The van der Waals surface area contributed by atoms with Crippen molar-refractivity contribution in [3.05, 3.63) is 35.0 Å². The second kappa shape index (κ2) is 6.06. The fraction of sp³-hybridized carbons (Fsp3) is 0.308. The monoisotopic (exact) mass is 234 g/mol. The van der Waals surface area contributed by atoms with Gasteiger partial charge < -0.3 is 15.5 Å². The minimum absolute atomic E-state index is 0.221. The van der Waals surface area contributed by atoms with Gasteiger partial charge in [-0.15, -0.1) is 0 Å². The summed E-state index contributed by atoms with van der Waals surface area (Å²) in [4.78, 5) is 14.7. The summed E-state index contributed by atoms with van der Waals surface area (Å²) in [6.07, 6.45) is 7.27. The molecule has 0 aliphatic rings. The van der Waals surface area contributed by atoms with Crippen LogP contribution in [0.25, 0.3) is 12.2 Å². The Kier molecular flexibility index (Phi) is 4.72.